The van der Waals surface area contributed by atoms with Crippen LogP contribution in [0, 0.1) is 0 Å². The van der Waals surface area contributed by atoms with Crippen LogP contribution in [0.25, 0.3) is 0 Å². The van der Waals surface area contributed by atoms with Crippen molar-refractivity contribution in [2.75, 3.05) is 13.1 Å². The van der Waals surface area contributed by atoms with Gasteiger partial charge in [-0.1, -0.05) is 24.9 Å². The summed E-state index contributed by atoms with van der Waals surface area (Å²) in [6.45, 7) is 3.55. The number of guanidine groups is 1. The number of nitrogens with zero attached hydrogens (tertiary/aromatic N) is 2. The average molecular weight is 328 g/mol. The van der Waals surface area contributed by atoms with Crippen LogP contribution in [0.4, 0.5) is 0 Å². The zero-order valence-corrected chi connectivity index (χ0v) is 13.8. The van der Waals surface area contributed by atoms with Crippen LogP contribution in [0.5, 0.6) is 0 Å². The summed E-state index contributed by atoms with van der Waals surface area (Å²) in [6, 6.07) is 3.67. The number of hydrogen-bond acceptors (Lipinski definition) is 3. The number of unbranched alkanes of at least 4 members (excludes halogenated alkanes) is 1. The molecule has 0 saturated heterocycles. The van der Waals surface area contributed by atoms with Gasteiger partial charge in [0.1, 0.15) is 0 Å². The number of aromatic nitrogens is 1. The molecule has 0 bridgehead atoms. The van der Waals surface area contributed by atoms with Crippen LogP contribution in [-0.2, 0) is 6.42 Å². The fourth-order valence-electron chi connectivity index (χ4n) is 1.62. The molecule has 0 spiro atoms. The summed E-state index contributed by atoms with van der Waals surface area (Å²) in [4.78, 5) is 8.41. The molecule has 1 aromatic rings. The van der Waals surface area contributed by atoms with Crippen LogP contribution in [-0.4, -0.2) is 29.1 Å². The van der Waals surface area contributed by atoms with Crippen molar-refractivity contribution >= 4 is 34.9 Å². The molecule has 0 aromatic carbocycles. The summed E-state index contributed by atoms with van der Waals surface area (Å²) in [7, 11) is 0. The summed E-state index contributed by atoms with van der Waals surface area (Å²) in [5.41, 5.74) is 6.62. The molecule has 21 heavy (non-hydrogen) atoms. The predicted molar refractivity (Wildman–Crippen MR) is 92.7 cm³/mol. The van der Waals surface area contributed by atoms with E-state index in [2.05, 4.69) is 27.5 Å². The lowest BCUT2D eigenvalue weighted by Gasteiger charge is -2.10. The molecule has 0 aliphatic carbocycles. The first-order valence-electron chi connectivity index (χ1n) is 7.07. The highest BCUT2D eigenvalue weighted by Crippen LogP contribution is 2.13. The molecule has 7 heteroatoms. The maximum absolute atomic E-state index is 6.04. The molecule has 0 atom stereocenters. The third kappa shape index (κ3) is 7.82. The molecule has 4 N–H and O–H groups in total. The number of halogens is 1. The molecule has 1 heterocycles. The molecule has 0 fully saturated rings. The number of rotatable bonds is 7. The minimum atomic E-state index is 0.355. The quantitative estimate of drug-likeness (QED) is 0.310. The molecular formula is C14H22ClN5S. The third-order valence-corrected chi connectivity index (χ3v) is 3.34. The van der Waals surface area contributed by atoms with E-state index in [0.29, 0.717) is 16.1 Å². The van der Waals surface area contributed by atoms with E-state index in [1.165, 1.54) is 0 Å². The van der Waals surface area contributed by atoms with Crippen molar-refractivity contribution in [1.29, 1.82) is 0 Å². The SMILES string of the molecule is CCCCN=C(N)NC(=S)NCCCc1ncccc1Cl. The van der Waals surface area contributed by atoms with E-state index in [0.717, 1.165) is 44.5 Å². The van der Waals surface area contributed by atoms with Crippen molar-refractivity contribution in [3.05, 3.63) is 29.0 Å². The van der Waals surface area contributed by atoms with Crippen molar-refractivity contribution in [2.45, 2.75) is 32.6 Å². The Labute approximate surface area is 136 Å². The summed E-state index contributed by atoms with van der Waals surface area (Å²) >= 11 is 11.2. The van der Waals surface area contributed by atoms with Gasteiger partial charge in [-0.3, -0.25) is 9.98 Å². The maximum atomic E-state index is 6.04. The lowest BCUT2D eigenvalue weighted by atomic mass is 10.2. The van der Waals surface area contributed by atoms with Gasteiger partial charge in [-0.05, 0) is 43.6 Å². The second-order valence-corrected chi connectivity index (χ2v) is 5.35. The van der Waals surface area contributed by atoms with Crippen molar-refractivity contribution in [1.82, 2.24) is 15.6 Å². The van der Waals surface area contributed by atoms with Crippen LogP contribution >= 0.6 is 23.8 Å². The maximum Gasteiger partial charge on any atom is 0.194 e. The zero-order chi connectivity index (χ0) is 15.5. The Kier molecular flexibility index (Phi) is 8.69. The number of aliphatic imine (C=N–C) groups is 1. The van der Waals surface area contributed by atoms with Gasteiger partial charge in [-0.2, -0.15) is 0 Å². The molecule has 1 aromatic heterocycles. The lowest BCUT2D eigenvalue weighted by Crippen LogP contribution is -2.43. The van der Waals surface area contributed by atoms with Crippen LogP contribution < -0.4 is 16.4 Å². The molecule has 0 unspecified atom stereocenters. The van der Waals surface area contributed by atoms with Gasteiger partial charge in [0.2, 0.25) is 0 Å². The van der Waals surface area contributed by atoms with Gasteiger partial charge in [0, 0.05) is 19.3 Å². The van der Waals surface area contributed by atoms with E-state index in [9.17, 15) is 0 Å². The molecule has 0 saturated carbocycles. The van der Waals surface area contributed by atoms with Crippen molar-refractivity contribution in [3.8, 4) is 0 Å². The molecule has 5 nitrogen and oxygen atoms in total. The van der Waals surface area contributed by atoms with Gasteiger partial charge in [0.25, 0.3) is 0 Å². The Hall–Kier alpha value is -1.40. The second-order valence-electron chi connectivity index (χ2n) is 4.54. The molecule has 0 radical (unpaired) electrons. The van der Waals surface area contributed by atoms with E-state index in [4.69, 9.17) is 29.6 Å². The van der Waals surface area contributed by atoms with Crippen LogP contribution in [0.1, 0.15) is 31.9 Å². The Morgan fingerprint density at radius 2 is 2.29 bits per heavy atom. The number of nitrogens with two attached hydrogens (primary N) is 1. The summed E-state index contributed by atoms with van der Waals surface area (Å²) in [5, 5.41) is 7.12. The fraction of sp³-hybridized carbons (Fsp3) is 0.500. The van der Waals surface area contributed by atoms with Crippen molar-refractivity contribution in [2.24, 2.45) is 10.7 Å². The predicted octanol–water partition coefficient (Wildman–Crippen LogP) is 2.25. The smallest absolute Gasteiger partial charge is 0.194 e. The van der Waals surface area contributed by atoms with Gasteiger partial charge >= 0.3 is 0 Å². The Morgan fingerprint density at radius 3 is 3.00 bits per heavy atom. The van der Waals surface area contributed by atoms with Crippen molar-refractivity contribution < 1.29 is 0 Å². The number of thiocarbonyl (C=S) groups is 1. The first-order valence-corrected chi connectivity index (χ1v) is 7.86. The summed E-state index contributed by atoms with van der Waals surface area (Å²) in [5.74, 6) is 0.355. The van der Waals surface area contributed by atoms with E-state index in [-0.39, 0.29) is 0 Å². The summed E-state index contributed by atoms with van der Waals surface area (Å²) < 4.78 is 0. The second kappa shape index (κ2) is 10.3. The number of aryl methyl sites for hydroxylation is 1. The standard InChI is InChI=1S/C14H22ClN5S/c1-2-3-8-18-13(16)20-14(21)19-10-5-7-12-11(15)6-4-9-17-12/h4,6,9H,2-3,5,7-8,10H2,1H3,(H4,16,18,19,20,21). The largest absolute Gasteiger partial charge is 0.370 e. The van der Waals surface area contributed by atoms with Gasteiger partial charge in [0.15, 0.2) is 11.1 Å². The fourth-order valence-corrected chi connectivity index (χ4v) is 2.04. The Bertz CT molecular complexity index is 478. The molecule has 0 aliphatic heterocycles. The number of nitrogens with one attached hydrogen (secondary N) is 2. The number of pyridine rings is 1. The highest BCUT2D eigenvalue weighted by Gasteiger charge is 2.01. The van der Waals surface area contributed by atoms with E-state index >= 15 is 0 Å². The first-order chi connectivity index (χ1) is 10.1. The van der Waals surface area contributed by atoms with E-state index in [1.807, 2.05) is 12.1 Å². The van der Waals surface area contributed by atoms with Crippen LogP contribution in [0.3, 0.4) is 0 Å². The Balaban J connectivity index is 2.19. The van der Waals surface area contributed by atoms with E-state index in [1.54, 1.807) is 6.20 Å². The van der Waals surface area contributed by atoms with E-state index < -0.39 is 0 Å². The topological polar surface area (TPSA) is 75.3 Å². The molecule has 116 valence electrons. The van der Waals surface area contributed by atoms with Gasteiger partial charge in [-0.15, -0.1) is 0 Å². The van der Waals surface area contributed by atoms with Gasteiger partial charge in [0.05, 0.1) is 10.7 Å². The zero-order valence-electron chi connectivity index (χ0n) is 12.2. The van der Waals surface area contributed by atoms with Crippen molar-refractivity contribution in [3.63, 3.8) is 0 Å². The summed E-state index contributed by atoms with van der Waals surface area (Å²) in [6.07, 6.45) is 5.54. The van der Waals surface area contributed by atoms with Gasteiger partial charge < -0.3 is 16.4 Å². The third-order valence-electron chi connectivity index (χ3n) is 2.75. The average Bonchev–Trinajstić information content (AvgIpc) is 2.45. The van der Waals surface area contributed by atoms with Gasteiger partial charge in [-0.25, -0.2) is 0 Å². The minimum Gasteiger partial charge on any atom is -0.370 e. The van der Waals surface area contributed by atoms with Crippen LogP contribution in [0.15, 0.2) is 23.3 Å². The first kappa shape index (κ1) is 17.7. The normalized spacial score (nSPS) is 11.2. The number of hydrogen-bond donors (Lipinski definition) is 3. The highest BCUT2D eigenvalue weighted by molar-refractivity contribution is 7.80. The molecule has 0 amide bonds. The lowest BCUT2D eigenvalue weighted by molar-refractivity contribution is 0.756. The minimum absolute atomic E-state index is 0.355. The monoisotopic (exact) mass is 327 g/mol. The highest BCUT2D eigenvalue weighted by atomic mass is 35.5. The molecule has 0 aliphatic rings. The van der Waals surface area contributed by atoms with Crippen LogP contribution in [0.2, 0.25) is 5.02 Å². The molecular weight excluding hydrogens is 306 g/mol. The Morgan fingerprint density at radius 1 is 1.48 bits per heavy atom. The molecule has 1 rings (SSSR count).